The van der Waals surface area contributed by atoms with Gasteiger partial charge >= 0.3 is 0 Å². The highest BCUT2D eigenvalue weighted by Gasteiger charge is 2.09. The lowest BCUT2D eigenvalue weighted by atomic mass is 9.97. The Balaban J connectivity index is 3.07. The van der Waals surface area contributed by atoms with Crippen molar-refractivity contribution in [2.24, 2.45) is 5.92 Å². The molecular formula is C12H18N2. The van der Waals surface area contributed by atoms with Crippen LogP contribution in [0.1, 0.15) is 32.0 Å². The summed E-state index contributed by atoms with van der Waals surface area (Å²) in [6, 6.07) is 0. The minimum absolute atomic E-state index is 0.505. The summed E-state index contributed by atoms with van der Waals surface area (Å²) in [5, 5.41) is 7.09. The number of rotatable bonds is 3. The number of nitrogens with zero attached hydrogens (tertiary/aromatic N) is 1. The molecule has 2 nitrogen and oxygen atoms in total. The number of hydrogen-bond acceptors (Lipinski definition) is 1. The van der Waals surface area contributed by atoms with E-state index in [1.54, 1.807) is 0 Å². The van der Waals surface area contributed by atoms with Gasteiger partial charge in [0.25, 0.3) is 0 Å². The minimum Gasteiger partial charge on any atom is -0.278 e. The third kappa shape index (κ3) is 2.34. The lowest BCUT2D eigenvalue weighted by Gasteiger charge is -2.09. The number of aromatic nitrogens is 2. The van der Waals surface area contributed by atoms with Crippen LogP contribution < -0.4 is 0 Å². The van der Waals surface area contributed by atoms with E-state index in [0.717, 1.165) is 5.69 Å². The molecule has 0 amide bonds. The highest BCUT2D eigenvalue weighted by molar-refractivity contribution is 5.67. The number of aromatic amines is 1. The van der Waals surface area contributed by atoms with E-state index in [2.05, 4.69) is 43.1 Å². The molecule has 0 fully saturated rings. The highest BCUT2D eigenvalue weighted by Crippen LogP contribution is 2.23. The molecule has 0 aromatic carbocycles. The lowest BCUT2D eigenvalue weighted by Crippen LogP contribution is -1.95. The van der Waals surface area contributed by atoms with Crippen molar-refractivity contribution in [3.8, 4) is 0 Å². The van der Waals surface area contributed by atoms with E-state index in [0.29, 0.717) is 5.92 Å². The molecule has 0 aliphatic rings. The molecular weight excluding hydrogens is 172 g/mol. The van der Waals surface area contributed by atoms with Gasteiger partial charge in [0.05, 0.1) is 11.9 Å². The zero-order chi connectivity index (χ0) is 10.6. The Morgan fingerprint density at radius 3 is 2.64 bits per heavy atom. The quantitative estimate of drug-likeness (QED) is 0.728. The van der Waals surface area contributed by atoms with Crippen LogP contribution in [0.5, 0.6) is 0 Å². The molecule has 1 aromatic heterocycles. The van der Waals surface area contributed by atoms with Crippen molar-refractivity contribution in [2.75, 3.05) is 0 Å². The zero-order valence-electron chi connectivity index (χ0n) is 9.33. The van der Waals surface area contributed by atoms with Gasteiger partial charge in [-0.1, -0.05) is 32.1 Å². The van der Waals surface area contributed by atoms with Crippen LogP contribution in [0.2, 0.25) is 0 Å². The Kier molecular flexibility index (Phi) is 3.69. The van der Waals surface area contributed by atoms with E-state index >= 15 is 0 Å². The monoisotopic (exact) mass is 190 g/mol. The van der Waals surface area contributed by atoms with Crippen molar-refractivity contribution in [1.29, 1.82) is 0 Å². The maximum Gasteiger partial charge on any atom is 0.0641 e. The third-order valence-corrected chi connectivity index (χ3v) is 2.21. The maximum absolute atomic E-state index is 4.04. The number of H-pyrrole nitrogens is 1. The summed E-state index contributed by atoms with van der Waals surface area (Å²) in [6.07, 6.45) is 8.11. The first kappa shape index (κ1) is 10.8. The molecule has 0 saturated carbocycles. The Morgan fingerprint density at radius 2 is 2.21 bits per heavy atom. The van der Waals surface area contributed by atoms with Crippen molar-refractivity contribution in [2.45, 2.75) is 27.7 Å². The van der Waals surface area contributed by atoms with Crippen LogP contribution in [0.15, 0.2) is 24.4 Å². The Hall–Kier alpha value is -1.31. The van der Waals surface area contributed by atoms with Crippen molar-refractivity contribution >= 4 is 5.57 Å². The molecule has 0 spiro atoms. The van der Waals surface area contributed by atoms with Gasteiger partial charge in [-0.05, 0) is 30.9 Å². The average molecular weight is 190 g/mol. The second-order valence-electron chi connectivity index (χ2n) is 3.73. The van der Waals surface area contributed by atoms with E-state index in [-0.39, 0.29) is 0 Å². The Labute approximate surface area is 85.7 Å². The number of hydrogen-bond donors (Lipinski definition) is 1. The molecule has 0 aliphatic carbocycles. The van der Waals surface area contributed by atoms with Crippen LogP contribution >= 0.6 is 0 Å². The first-order valence-electron chi connectivity index (χ1n) is 5.00. The van der Waals surface area contributed by atoms with Gasteiger partial charge in [-0.2, -0.15) is 5.10 Å². The molecule has 0 bridgehead atoms. The summed E-state index contributed by atoms with van der Waals surface area (Å²) in [7, 11) is 0. The topological polar surface area (TPSA) is 28.7 Å². The van der Waals surface area contributed by atoms with Gasteiger partial charge in [0.2, 0.25) is 0 Å². The van der Waals surface area contributed by atoms with Gasteiger partial charge in [0.1, 0.15) is 0 Å². The number of allylic oxidation sites excluding steroid dienone is 4. The SMILES string of the molecule is C/C=C\C=C(/c1[nH]ncc1C)C(C)C. The van der Waals surface area contributed by atoms with Crippen molar-refractivity contribution in [3.63, 3.8) is 0 Å². The summed E-state index contributed by atoms with van der Waals surface area (Å²) >= 11 is 0. The molecule has 0 atom stereocenters. The van der Waals surface area contributed by atoms with Gasteiger partial charge < -0.3 is 0 Å². The first-order valence-corrected chi connectivity index (χ1v) is 5.00. The van der Waals surface area contributed by atoms with Crippen LogP contribution in [0, 0.1) is 12.8 Å². The molecule has 1 N–H and O–H groups in total. The molecule has 0 saturated heterocycles. The number of aryl methyl sites for hydroxylation is 1. The normalized spacial score (nSPS) is 13.1. The van der Waals surface area contributed by atoms with E-state index < -0.39 is 0 Å². The highest BCUT2D eigenvalue weighted by atomic mass is 15.1. The van der Waals surface area contributed by atoms with Gasteiger partial charge in [0.15, 0.2) is 0 Å². The predicted octanol–water partition coefficient (Wildman–Crippen LogP) is 3.33. The second kappa shape index (κ2) is 4.80. The molecule has 14 heavy (non-hydrogen) atoms. The van der Waals surface area contributed by atoms with Crippen LogP contribution in [0.4, 0.5) is 0 Å². The molecule has 2 heteroatoms. The van der Waals surface area contributed by atoms with E-state index in [9.17, 15) is 0 Å². The van der Waals surface area contributed by atoms with Gasteiger partial charge in [0, 0.05) is 0 Å². The standard InChI is InChI=1S/C12H18N2/c1-5-6-7-11(9(2)3)12-10(4)8-13-14-12/h5-9H,1-4H3,(H,13,14)/b6-5-,11-7-. The summed E-state index contributed by atoms with van der Waals surface area (Å²) in [5.41, 5.74) is 3.66. The molecule has 1 aromatic rings. The first-order chi connectivity index (χ1) is 6.66. The molecule has 76 valence electrons. The summed E-state index contributed by atoms with van der Waals surface area (Å²) in [4.78, 5) is 0. The van der Waals surface area contributed by atoms with E-state index in [1.807, 2.05) is 19.2 Å². The summed E-state index contributed by atoms with van der Waals surface area (Å²) in [6.45, 7) is 8.48. The largest absolute Gasteiger partial charge is 0.278 e. The second-order valence-corrected chi connectivity index (χ2v) is 3.73. The fourth-order valence-electron chi connectivity index (χ4n) is 1.40. The fraction of sp³-hybridized carbons (Fsp3) is 0.417. The van der Waals surface area contributed by atoms with Crippen molar-refractivity contribution in [1.82, 2.24) is 10.2 Å². The summed E-state index contributed by atoms with van der Waals surface area (Å²) in [5.74, 6) is 0.505. The minimum atomic E-state index is 0.505. The predicted molar refractivity (Wildman–Crippen MR) is 61.0 cm³/mol. The van der Waals surface area contributed by atoms with Crippen molar-refractivity contribution < 1.29 is 0 Å². The average Bonchev–Trinajstić information content (AvgIpc) is 2.52. The van der Waals surface area contributed by atoms with E-state index in [4.69, 9.17) is 0 Å². The lowest BCUT2D eigenvalue weighted by molar-refractivity contribution is 0.844. The molecule has 0 aliphatic heterocycles. The van der Waals surface area contributed by atoms with Crippen LogP contribution in [-0.2, 0) is 0 Å². The van der Waals surface area contributed by atoms with Crippen molar-refractivity contribution in [3.05, 3.63) is 35.7 Å². The maximum atomic E-state index is 4.04. The van der Waals surface area contributed by atoms with Crippen LogP contribution in [0.3, 0.4) is 0 Å². The Bertz CT molecular complexity index is 343. The molecule has 0 radical (unpaired) electrons. The molecule has 1 heterocycles. The Morgan fingerprint density at radius 1 is 1.50 bits per heavy atom. The molecule has 0 unspecified atom stereocenters. The third-order valence-electron chi connectivity index (χ3n) is 2.21. The zero-order valence-corrected chi connectivity index (χ0v) is 9.33. The van der Waals surface area contributed by atoms with Gasteiger partial charge in [-0.15, -0.1) is 0 Å². The van der Waals surface area contributed by atoms with Gasteiger partial charge in [-0.25, -0.2) is 0 Å². The molecule has 1 rings (SSSR count). The van der Waals surface area contributed by atoms with E-state index in [1.165, 1.54) is 11.1 Å². The summed E-state index contributed by atoms with van der Waals surface area (Å²) < 4.78 is 0. The van der Waals surface area contributed by atoms with Crippen LogP contribution in [-0.4, -0.2) is 10.2 Å². The number of nitrogens with one attached hydrogen (secondary N) is 1. The smallest absolute Gasteiger partial charge is 0.0641 e. The fourth-order valence-corrected chi connectivity index (χ4v) is 1.40. The van der Waals surface area contributed by atoms with Gasteiger partial charge in [-0.3, -0.25) is 5.10 Å². The van der Waals surface area contributed by atoms with Crippen LogP contribution in [0.25, 0.3) is 5.57 Å².